The third kappa shape index (κ3) is 2.81. The van der Waals surface area contributed by atoms with Crippen molar-refractivity contribution in [3.8, 4) is 11.5 Å². The molecule has 0 atom stereocenters. The molecule has 2 aromatic carbocycles. The summed E-state index contributed by atoms with van der Waals surface area (Å²) in [5.41, 5.74) is 3.75. The van der Waals surface area contributed by atoms with Gasteiger partial charge in [0.25, 0.3) is 0 Å². The van der Waals surface area contributed by atoms with Gasteiger partial charge in [-0.25, -0.2) is 0 Å². The number of pyridine rings is 1. The van der Waals surface area contributed by atoms with Gasteiger partial charge in [-0.1, -0.05) is 41.9 Å². The van der Waals surface area contributed by atoms with Gasteiger partial charge in [-0.15, -0.1) is 0 Å². The minimum atomic E-state index is 0.464. The lowest BCUT2D eigenvalue weighted by molar-refractivity contribution is 0.285. The van der Waals surface area contributed by atoms with Gasteiger partial charge in [0.2, 0.25) is 0 Å². The first kappa shape index (κ1) is 15.0. The van der Waals surface area contributed by atoms with Crippen molar-refractivity contribution in [1.82, 2.24) is 4.98 Å². The Morgan fingerprint density at radius 1 is 1.12 bits per heavy atom. The van der Waals surface area contributed by atoms with Gasteiger partial charge in [-0.05, 0) is 11.6 Å². The molecule has 0 unspecified atom stereocenters. The fourth-order valence-corrected chi connectivity index (χ4v) is 2.90. The van der Waals surface area contributed by atoms with E-state index in [2.05, 4.69) is 9.98 Å². The Morgan fingerprint density at radius 3 is 2.62 bits per heavy atom. The van der Waals surface area contributed by atoms with Gasteiger partial charge in [0.05, 0.1) is 29.9 Å². The van der Waals surface area contributed by atoms with Gasteiger partial charge in [0.1, 0.15) is 6.61 Å². The van der Waals surface area contributed by atoms with E-state index in [-0.39, 0.29) is 0 Å². The van der Waals surface area contributed by atoms with Crippen molar-refractivity contribution in [3.05, 3.63) is 64.8 Å². The van der Waals surface area contributed by atoms with Crippen LogP contribution in [0.3, 0.4) is 0 Å². The number of aliphatic imine (C=N–C) groups is 1. The predicted octanol–water partition coefficient (Wildman–Crippen LogP) is 4.28. The smallest absolute Gasteiger partial charge is 0.163 e. The summed E-state index contributed by atoms with van der Waals surface area (Å²) in [6.07, 6.45) is 1.77. The highest BCUT2D eigenvalue weighted by Gasteiger charge is 2.19. The topological polar surface area (TPSA) is 43.7 Å². The SMILES string of the molecule is COc1cc2c(Cl)c(C3=NC3)cnc2cc1OCc1ccccc1. The summed E-state index contributed by atoms with van der Waals surface area (Å²) in [6.45, 7) is 1.20. The minimum Gasteiger partial charge on any atom is -0.493 e. The van der Waals surface area contributed by atoms with Crippen molar-refractivity contribution in [2.45, 2.75) is 6.61 Å². The second-order valence-corrected chi connectivity index (χ2v) is 5.92. The molecule has 0 bridgehead atoms. The van der Waals surface area contributed by atoms with E-state index in [1.54, 1.807) is 13.3 Å². The second-order valence-electron chi connectivity index (χ2n) is 5.54. The summed E-state index contributed by atoms with van der Waals surface area (Å²) in [7, 11) is 1.62. The van der Waals surface area contributed by atoms with Crippen LogP contribution in [0.2, 0.25) is 5.02 Å². The molecular formula is C19H15ClN2O2. The molecule has 0 radical (unpaired) electrons. The molecule has 0 saturated heterocycles. The van der Waals surface area contributed by atoms with E-state index in [9.17, 15) is 0 Å². The average molecular weight is 339 g/mol. The molecule has 2 heterocycles. The van der Waals surface area contributed by atoms with Crippen LogP contribution in [0.5, 0.6) is 11.5 Å². The molecule has 4 nitrogen and oxygen atoms in total. The van der Waals surface area contributed by atoms with Crippen molar-refractivity contribution in [1.29, 1.82) is 0 Å². The highest BCUT2D eigenvalue weighted by Crippen LogP contribution is 2.37. The molecule has 4 rings (SSSR count). The molecule has 3 aromatic rings. The van der Waals surface area contributed by atoms with Crippen molar-refractivity contribution < 1.29 is 9.47 Å². The summed E-state index contributed by atoms with van der Waals surface area (Å²) in [4.78, 5) is 8.69. The number of methoxy groups -OCH3 is 1. The fraction of sp³-hybridized carbons (Fsp3) is 0.158. The van der Waals surface area contributed by atoms with E-state index < -0.39 is 0 Å². The molecule has 1 aliphatic heterocycles. The maximum atomic E-state index is 6.51. The zero-order valence-electron chi connectivity index (χ0n) is 13.1. The number of fused-ring (bicyclic) bond motifs is 1. The summed E-state index contributed by atoms with van der Waals surface area (Å²) in [6, 6.07) is 13.7. The summed E-state index contributed by atoms with van der Waals surface area (Å²) >= 11 is 6.51. The normalized spacial score (nSPS) is 12.8. The molecule has 0 amide bonds. The largest absolute Gasteiger partial charge is 0.493 e. The summed E-state index contributed by atoms with van der Waals surface area (Å²) in [5, 5.41) is 1.50. The van der Waals surface area contributed by atoms with Crippen LogP contribution in [-0.4, -0.2) is 24.4 Å². The van der Waals surface area contributed by atoms with Crippen molar-refractivity contribution in [2.75, 3.05) is 13.7 Å². The molecule has 0 fully saturated rings. The van der Waals surface area contributed by atoms with Gasteiger partial charge < -0.3 is 9.47 Å². The predicted molar refractivity (Wildman–Crippen MR) is 95.5 cm³/mol. The molecule has 24 heavy (non-hydrogen) atoms. The Bertz CT molecular complexity index is 939. The zero-order valence-corrected chi connectivity index (χ0v) is 13.9. The van der Waals surface area contributed by atoms with Crippen LogP contribution in [0.25, 0.3) is 10.9 Å². The molecular weight excluding hydrogens is 324 g/mol. The molecule has 1 aromatic heterocycles. The van der Waals surface area contributed by atoms with E-state index in [1.165, 1.54) is 0 Å². The summed E-state index contributed by atoms with van der Waals surface area (Å²) in [5.74, 6) is 1.28. The average Bonchev–Trinajstić information content (AvgIpc) is 3.45. The maximum absolute atomic E-state index is 6.51. The molecule has 0 saturated carbocycles. The maximum Gasteiger partial charge on any atom is 0.163 e. The van der Waals surface area contributed by atoms with Crippen molar-refractivity contribution in [3.63, 3.8) is 0 Å². The van der Waals surface area contributed by atoms with E-state index in [1.807, 2.05) is 42.5 Å². The van der Waals surface area contributed by atoms with E-state index in [0.717, 1.165) is 34.3 Å². The first-order chi connectivity index (χ1) is 11.8. The van der Waals surface area contributed by atoms with Crippen molar-refractivity contribution >= 4 is 28.2 Å². The van der Waals surface area contributed by atoms with Crippen LogP contribution in [0, 0.1) is 0 Å². The number of nitrogens with zero attached hydrogens (tertiary/aromatic N) is 2. The van der Waals surface area contributed by atoms with Crippen LogP contribution in [0.1, 0.15) is 11.1 Å². The number of hydrogen-bond acceptors (Lipinski definition) is 4. The first-order valence-corrected chi connectivity index (χ1v) is 8.00. The quantitative estimate of drug-likeness (QED) is 0.697. The molecule has 0 spiro atoms. The third-order valence-corrected chi connectivity index (χ3v) is 4.36. The lowest BCUT2D eigenvalue weighted by atomic mass is 10.1. The van der Waals surface area contributed by atoms with Gasteiger partial charge in [-0.2, -0.15) is 0 Å². The van der Waals surface area contributed by atoms with Gasteiger partial charge >= 0.3 is 0 Å². The fourth-order valence-electron chi connectivity index (χ4n) is 2.59. The molecule has 120 valence electrons. The van der Waals surface area contributed by atoms with Crippen LogP contribution in [0.4, 0.5) is 0 Å². The summed E-state index contributed by atoms with van der Waals surface area (Å²) < 4.78 is 11.4. The Morgan fingerprint density at radius 2 is 1.92 bits per heavy atom. The Kier molecular flexibility index (Phi) is 3.82. The van der Waals surface area contributed by atoms with Crippen LogP contribution < -0.4 is 9.47 Å². The number of ether oxygens (including phenoxy) is 2. The standard InChI is InChI=1S/C19H15ClN2O2/c1-23-17-7-13-15(21-9-14(19(13)20)16-10-22-16)8-18(17)24-11-12-5-3-2-4-6-12/h2-9H,10-11H2,1H3. The third-order valence-electron chi connectivity index (χ3n) is 3.95. The van der Waals surface area contributed by atoms with Crippen LogP contribution >= 0.6 is 11.6 Å². The first-order valence-electron chi connectivity index (χ1n) is 7.63. The number of halogens is 1. The molecule has 0 N–H and O–H groups in total. The number of hydrogen-bond donors (Lipinski definition) is 0. The highest BCUT2D eigenvalue weighted by atomic mass is 35.5. The Hall–Kier alpha value is -2.59. The van der Waals surface area contributed by atoms with E-state index in [4.69, 9.17) is 21.1 Å². The van der Waals surface area contributed by atoms with Crippen LogP contribution in [0.15, 0.2) is 53.7 Å². The lowest BCUT2D eigenvalue weighted by Gasteiger charge is -2.13. The second kappa shape index (κ2) is 6.13. The van der Waals surface area contributed by atoms with Gasteiger partial charge in [-0.3, -0.25) is 9.98 Å². The molecule has 0 aliphatic carbocycles. The molecule has 5 heteroatoms. The lowest BCUT2D eigenvalue weighted by Crippen LogP contribution is -1.99. The highest BCUT2D eigenvalue weighted by molar-refractivity contribution is 6.39. The van der Waals surface area contributed by atoms with E-state index >= 15 is 0 Å². The van der Waals surface area contributed by atoms with E-state index in [0.29, 0.717) is 23.1 Å². The Balaban J connectivity index is 1.70. The van der Waals surface area contributed by atoms with Gasteiger partial charge in [0, 0.05) is 23.2 Å². The Labute approximate surface area is 144 Å². The van der Waals surface area contributed by atoms with Gasteiger partial charge in [0.15, 0.2) is 11.5 Å². The number of benzene rings is 2. The minimum absolute atomic E-state index is 0.464. The zero-order chi connectivity index (χ0) is 16.5. The van der Waals surface area contributed by atoms with Crippen LogP contribution in [-0.2, 0) is 6.61 Å². The number of aromatic nitrogens is 1. The monoisotopic (exact) mass is 338 g/mol. The molecule has 1 aliphatic rings. The number of rotatable bonds is 5. The van der Waals surface area contributed by atoms with Crippen molar-refractivity contribution in [2.24, 2.45) is 4.99 Å².